The summed E-state index contributed by atoms with van der Waals surface area (Å²) in [5, 5.41) is 14.8. The van der Waals surface area contributed by atoms with Gasteiger partial charge in [-0.25, -0.2) is 4.79 Å². The number of hydrogen-bond acceptors (Lipinski definition) is 2. The minimum atomic E-state index is -0.957. The number of carboxylic acid groups (broad SMARTS) is 1. The van der Waals surface area contributed by atoms with Crippen molar-refractivity contribution < 1.29 is 9.90 Å². The molecule has 1 aromatic rings. The summed E-state index contributed by atoms with van der Waals surface area (Å²) in [6.07, 6.45) is 3.60. The van der Waals surface area contributed by atoms with E-state index >= 15 is 0 Å². The summed E-state index contributed by atoms with van der Waals surface area (Å²) < 4.78 is 0. The molecule has 23 heavy (non-hydrogen) atoms. The smallest absolute Gasteiger partial charge is 0.404 e. The fourth-order valence-corrected chi connectivity index (χ4v) is 2.85. The van der Waals surface area contributed by atoms with Crippen molar-refractivity contribution in [3.8, 4) is 0 Å². The number of amides is 1. The molecule has 1 amide bonds. The van der Waals surface area contributed by atoms with Crippen molar-refractivity contribution in [2.75, 3.05) is 13.1 Å². The van der Waals surface area contributed by atoms with E-state index in [9.17, 15) is 4.79 Å². The third-order valence-electron chi connectivity index (χ3n) is 4.39. The fourth-order valence-electron chi connectivity index (χ4n) is 2.85. The molecule has 0 spiro atoms. The second-order valence-electron chi connectivity index (χ2n) is 7.14. The maximum absolute atomic E-state index is 10.6. The fraction of sp³-hybridized carbons (Fsp3) is 0.526. The first-order chi connectivity index (χ1) is 10.9. The molecular weight excluding hydrogens is 288 g/mol. The molecule has 2 rings (SSSR count). The molecule has 2 atom stereocenters. The van der Waals surface area contributed by atoms with Gasteiger partial charge in [0.1, 0.15) is 0 Å². The third-order valence-corrected chi connectivity index (χ3v) is 4.39. The van der Waals surface area contributed by atoms with Crippen LogP contribution < -0.4 is 10.6 Å². The van der Waals surface area contributed by atoms with Crippen LogP contribution in [-0.2, 0) is 0 Å². The Bertz CT molecular complexity index is 552. The molecule has 1 aromatic carbocycles. The number of benzene rings is 1. The first kappa shape index (κ1) is 17.5. The highest BCUT2D eigenvalue weighted by Gasteiger charge is 2.39. The number of nitrogens with one attached hydrogen (secondary N) is 2. The van der Waals surface area contributed by atoms with Crippen molar-refractivity contribution in [1.29, 1.82) is 0 Å². The quantitative estimate of drug-likeness (QED) is 0.684. The van der Waals surface area contributed by atoms with Crippen molar-refractivity contribution in [2.45, 2.75) is 39.7 Å². The van der Waals surface area contributed by atoms with Crippen LogP contribution in [0.15, 0.2) is 35.9 Å². The van der Waals surface area contributed by atoms with Gasteiger partial charge in [0.25, 0.3) is 0 Å². The Morgan fingerprint density at radius 1 is 1.30 bits per heavy atom. The van der Waals surface area contributed by atoms with Gasteiger partial charge in [-0.05, 0) is 29.7 Å². The van der Waals surface area contributed by atoms with Gasteiger partial charge in [-0.1, -0.05) is 62.8 Å². The van der Waals surface area contributed by atoms with Crippen LogP contribution in [0.25, 0.3) is 6.08 Å². The van der Waals surface area contributed by atoms with E-state index in [0.717, 1.165) is 13.0 Å². The monoisotopic (exact) mass is 316 g/mol. The predicted molar refractivity (Wildman–Crippen MR) is 94.4 cm³/mol. The van der Waals surface area contributed by atoms with Crippen LogP contribution in [-0.4, -0.2) is 30.3 Å². The normalized spacial score (nSPS) is 21.1. The Balaban J connectivity index is 1.84. The van der Waals surface area contributed by atoms with E-state index < -0.39 is 6.09 Å². The molecule has 1 aliphatic rings. The molecule has 126 valence electrons. The van der Waals surface area contributed by atoms with Crippen molar-refractivity contribution >= 4 is 12.2 Å². The van der Waals surface area contributed by atoms with E-state index in [4.69, 9.17) is 5.11 Å². The third kappa shape index (κ3) is 5.71. The van der Waals surface area contributed by atoms with E-state index in [2.05, 4.69) is 61.7 Å². The first-order valence-electron chi connectivity index (χ1n) is 8.37. The van der Waals surface area contributed by atoms with Crippen LogP contribution in [0.2, 0.25) is 0 Å². The predicted octanol–water partition coefficient (Wildman–Crippen LogP) is 3.75. The lowest BCUT2D eigenvalue weighted by molar-refractivity contribution is 0.187. The zero-order chi connectivity index (χ0) is 16.9. The first-order valence-corrected chi connectivity index (χ1v) is 8.37. The van der Waals surface area contributed by atoms with Gasteiger partial charge in [-0.15, -0.1) is 0 Å². The zero-order valence-electron chi connectivity index (χ0n) is 14.3. The largest absolute Gasteiger partial charge is 0.465 e. The van der Waals surface area contributed by atoms with E-state index in [1.54, 1.807) is 0 Å². The van der Waals surface area contributed by atoms with E-state index in [1.807, 2.05) is 6.07 Å². The highest BCUT2D eigenvalue weighted by Crippen LogP contribution is 2.40. The Morgan fingerprint density at radius 3 is 2.61 bits per heavy atom. The van der Waals surface area contributed by atoms with Crippen molar-refractivity contribution in [3.05, 3.63) is 41.5 Å². The van der Waals surface area contributed by atoms with Crippen LogP contribution in [0.1, 0.15) is 39.2 Å². The van der Waals surface area contributed by atoms with E-state index in [-0.39, 0.29) is 5.41 Å². The van der Waals surface area contributed by atoms with Crippen molar-refractivity contribution in [1.82, 2.24) is 10.6 Å². The SMILES string of the molecule is CCC(=Cc1ccccc1)C1C[C@@H]1NCC(C)(C)CNC(=O)O. The van der Waals surface area contributed by atoms with E-state index in [1.165, 1.54) is 17.6 Å². The topological polar surface area (TPSA) is 61.4 Å². The van der Waals surface area contributed by atoms with Gasteiger partial charge in [0, 0.05) is 19.1 Å². The lowest BCUT2D eigenvalue weighted by Crippen LogP contribution is -2.40. The molecule has 1 fully saturated rings. The van der Waals surface area contributed by atoms with Gasteiger partial charge in [0.2, 0.25) is 0 Å². The van der Waals surface area contributed by atoms with Crippen LogP contribution >= 0.6 is 0 Å². The highest BCUT2D eigenvalue weighted by molar-refractivity contribution is 5.64. The molecule has 0 saturated heterocycles. The Morgan fingerprint density at radius 2 is 2.00 bits per heavy atom. The molecule has 0 aliphatic heterocycles. The van der Waals surface area contributed by atoms with E-state index in [0.29, 0.717) is 18.5 Å². The molecule has 0 radical (unpaired) electrons. The molecule has 4 nitrogen and oxygen atoms in total. The second-order valence-corrected chi connectivity index (χ2v) is 7.14. The van der Waals surface area contributed by atoms with Crippen molar-refractivity contribution in [3.63, 3.8) is 0 Å². The van der Waals surface area contributed by atoms with Gasteiger partial charge in [-0.2, -0.15) is 0 Å². The zero-order valence-corrected chi connectivity index (χ0v) is 14.3. The average molecular weight is 316 g/mol. The molecule has 3 N–H and O–H groups in total. The molecular formula is C19H28N2O2. The van der Waals surface area contributed by atoms with Crippen LogP contribution in [0, 0.1) is 11.3 Å². The number of carbonyl (C=O) groups is 1. The van der Waals surface area contributed by atoms with Gasteiger partial charge in [0.05, 0.1) is 0 Å². The summed E-state index contributed by atoms with van der Waals surface area (Å²) in [7, 11) is 0. The lowest BCUT2D eigenvalue weighted by Gasteiger charge is -2.25. The molecule has 1 saturated carbocycles. The summed E-state index contributed by atoms with van der Waals surface area (Å²) in [5.74, 6) is 0.614. The van der Waals surface area contributed by atoms with Gasteiger partial charge in [0.15, 0.2) is 0 Å². The molecule has 4 heteroatoms. The minimum absolute atomic E-state index is 0.0823. The summed E-state index contributed by atoms with van der Waals surface area (Å²) in [6, 6.07) is 11.0. The molecule has 1 aliphatic carbocycles. The maximum atomic E-state index is 10.6. The van der Waals surface area contributed by atoms with Gasteiger partial charge < -0.3 is 15.7 Å². The van der Waals surface area contributed by atoms with Crippen molar-refractivity contribution in [2.24, 2.45) is 11.3 Å². The molecule has 0 bridgehead atoms. The summed E-state index contributed by atoms with van der Waals surface area (Å²) in [4.78, 5) is 10.6. The van der Waals surface area contributed by atoms with Gasteiger partial charge in [-0.3, -0.25) is 0 Å². The van der Waals surface area contributed by atoms with Gasteiger partial charge >= 0.3 is 6.09 Å². The van der Waals surface area contributed by atoms with Crippen LogP contribution in [0.3, 0.4) is 0 Å². The summed E-state index contributed by atoms with van der Waals surface area (Å²) in [5.41, 5.74) is 2.68. The standard InChI is InChI=1S/C19H28N2O2/c1-4-15(10-14-8-6-5-7-9-14)16-11-17(16)20-12-19(2,3)13-21-18(22)23/h5-10,16-17,20-21H,4,11-13H2,1-3H3,(H,22,23)/t16?,17-/m0/s1. The van der Waals surface area contributed by atoms with Crippen LogP contribution in [0.4, 0.5) is 4.79 Å². The average Bonchev–Trinajstić information content (AvgIpc) is 3.29. The molecule has 1 unspecified atom stereocenters. The minimum Gasteiger partial charge on any atom is -0.465 e. The highest BCUT2D eigenvalue weighted by atomic mass is 16.4. The maximum Gasteiger partial charge on any atom is 0.404 e. The number of rotatable bonds is 8. The molecule has 0 aromatic heterocycles. The Hall–Kier alpha value is -1.81. The summed E-state index contributed by atoms with van der Waals surface area (Å²) >= 11 is 0. The molecule has 0 heterocycles. The number of hydrogen-bond donors (Lipinski definition) is 3. The Kier molecular flexibility index (Phi) is 5.83. The lowest BCUT2D eigenvalue weighted by atomic mass is 9.93. The second kappa shape index (κ2) is 7.64. The summed E-state index contributed by atoms with van der Waals surface area (Å²) in [6.45, 7) is 7.65. The van der Waals surface area contributed by atoms with Crippen LogP contribution in [0.5, 0.6) is 0 Å². The Labute approximate surface area is 139 Å².